The van der Waals surface area contributed by atoms with Crippen molar-refractivity contribution in [2.75, 3.05) is 20.2 Å². The summed E-state index contributed by atoms with van der Waals surface area (Å²) in [6.07, 6.45) is 4.18. The predicted molar refractivity (Wildman–Crippen MR) is 127 cm³/mol. The van der Waals surface area contributed by atoms with Gasteiger partial charge in [-0.25, -0.2) is 4.68 Å². The minimum atomic E-state index is -0.786. The van der Waals surface area contributed by atoms with Gasteiger partial charge in [0.25, 0.3) is 5.91 Å². The van der Waals surface area contributed by atoms with Crippen LogP contribution in [-0.4, -0.2) is 52.9 Å². The zero-order valence-corrected chi connectivity index (χ0v) is 20.9. The van der Waals surface area contributed by atoms with E-state index in [1.807, 2.05) is 33.2 Å². The van der Waals surface area contributed by atoms with E-state index in [2.05, 4.69) is 20.9 Å². The number of ketones is 1. The second-order valence-electron chi connectivity index (χ2n) is 8.50. The highest BCUT2D eigenvalue weighted by Crippen LogP contribution is 2.29. The number of nitrogens with zero attached hydrogens (tertiary/aromatic N) is 3. The Balaban J connectivity index is 2.25. The topological polar surface area (TPSA) is 115 Å². The van der Waals surface area contributed by atoms with Crippen molar-refractivity contribution in [1.29, 1.82) is 0 Å². The summed E-state index contributed by atoms with van der Waals surface area (Å²) in [5.41, 5.74) is 0.375. The molecule has 0 bridgehead atoms. The van der Waals surface area contributed by atoms with Gasteiger partial charge >= 0.3 is 5.97 Å². The first-order chi connectivity index (χ1) is 15.7. The van der Waals surface area contributed by atoms with Crippen molar-refractivity contribution in [2.24, 2.45) is 5.92 Å². The van der Waals surface area contributed by atoms with Gasteiger partial charge in [-0.1, -0.05) is 26.0 Å². The molecule has 2 atom stereocenters. The summed E-state index contributed by atoms with van der Waals surface area (Å²) < 4.78 is 6.61. The molecule has 0 radical (unpaired) electrons. The van der Waals surface area contributed by atoms with E-state index < -0.39 is 17.6 Å². The Kier molecular flexibility index (Phi) is 10.2. The lowest BCUT2D eigenvalue weighted by Crippen LogP contribution is -2.47. The summed E-state index contributed by atoms with van der Waals surface area (Å²) in [4.78, 5) is 37.2. The van der Waals surface area contributed by atoms with Crippen LogP contribution in [0.25, 0.3) is 0 Å². The lowest BCUT2D eigenvalue weighted by Gasteiger charge is -2.32. The highest BCUT2D eigenvalue weighted by molar-refractivity contribution is 7.08. The average molecular weight is 478 g/mol. The van der Waals surface area contributed by atoms with Crippen molar-refractivity contribution in [2.45, 2.75) is 65.0 Å². The smallest absolute Gasteiger partial charge is 0.305 e. The van der Waals surface area contributed by atoms with Crippen LogP contribution in [0.5, 0.6) is 0 Å². The number of Topliss-reactive ketones (excluding diaryl/α,β-unsaturated/α-hetero) is 1. The molecule has 0 aliphatic rings. The van der Waals surface area contributed by atoms with Gasteiger partial charge in [0.15, 0.2) is 12.4 Å². The third kappa shape index (κ3) is 7.20. The van der Waals surface area contributed by atoms with E-state index in [9.17, 15) is 14.4 Å². The van der Waals surface area contributed by atoms with E-state index in [0.717, 1.165) is 19.4 Å². The molecule has 0 saturated heterocycles. The van der Waals surface area contributed by atoms with E-state index in [4.69, 9.17) is 4.74 Å². The Morgan fingerprint density at radius 1 is 1.27 bits per heavy atom. The van der Waals surface area contributed by atoms with Crippen LogP contribution in [0.3, 0.4) is 0 Å². The highest BCUT2D eigenvalue weighted by atomic mass is 32.1. The number of ether oxygens (including phenoxy) is 1. The minimum absolute atomic E-state index is 0.0144. The maximum atomic E-state index is 12.9. The van der Waals surface area contributed by atoms with E-state index in [1.165, 1.54) is 16.0 Å². The fourth-order valence-corrected chi connectivity index (χ4v) is 3.94. The molecule has 9 nitrogen and oxygen atoms in total. The Bertz CT molecular complexity index is 912. The van der Waals surface area contributed by atoms with Crippen molar-refractivity contribution < 1.29 is 19.1 Å². The molecule has 0 aromatic carbocycles. The van der Waals surface area contributed by atoms with Gasteiger partial charge in [0.2, 0.25) is 0 Å². The molecular formula is C23H35N5O4S. The first-order valence-electron chi connectivity index (χ1n) is 11.3. The summed E-state index contributed by atoms with van der Waals surface area (Å²) in [5.74, 6) is -0.819. The van der Waals surface area contributed by atoms with Crippen molar-refractivity contribution in [3.63, 3.8) is 0 Å². The fourth-order valence-electron chi connectivity index (χ4n) is 3.30. The van der Waals surface area contributed by atoms with Crippen LogP contribution < -0.4 is 10.6 Å². The molecule has 1 unspecified atom stereocenters. The summed E-state index contributed by atoms with van der Waals surface area (Å²) in [6, 6.07) is 1.17. The lowest BCUT2D eigenvalue weighted by atomic mass is 9.85. The molecule has 0 fully saturated rings. The SMILES string of the molecule is CCC(=O)OCC(=O)C(CCCCNC)n1cc([C@@](C)(NC(=O)c2ccsc2)C(C)C)nn1. The molecular weight excluding hydrogens is 442 g/mol. The monoisotopic (exact) mass is 477 g/mol. The summed E-state index contributed by atoms with van der Waals surface area (Å²) >= 11 is 1.46. The molecule has 1 amide bonds. The van der Waals surface area contributed by atoms with Crippen molar-refractivity contribution in [3.8, 4) is 0 Å². The molecule has 2 rings (SSSR count). The van der Waals surface area contributed by atoms with E-state index in [0.29, 0.717) is 17.7 Å². The van der Waals surface area contributed by atoms with Gasteiger partial charge in [-0.05, 0) is 57.1 Å². The van der Waals surface area contributed by atoms with Crippen molar-refractivity contribution >= 4 is 29.0 Å². The van der Waals surface area contributed by atoms with Crippen LogP contribution in [0.1, 0.15) is 75.5 Å². The maximum Gasteiger partial charge on any atom is 0.305 e. The van der Waals surface area contributed by atoms with Crippen LogP contribution in [0, 0.1) is 5.92 Å². The Labute approximate surface area is 199 Å². The van der Waals surface area contributed by atoms with Crippen LogP contribution >= 0.6 is 11.3 Å². The molecule has 0 aliphatic carbocycles. The molecule has 2 heterocycles. The number of rotatable bonds is 14. The standard InChI is InChI=1S/C23H35N5O4S/c1-6-21(30)32-14-19(29)18(9-7-8-11-24-5)28-13-20(26-27-28)23(4,16(2)3)25-22(31)17-10-12-33-15-17/h10,12-13,15-16,18,24H,6-9,11,14H2,1-5H3,(H,25,31)/t18?,23-/m0/s1. The molecule has 0 spiro atoms. The van der Waals surface area contributed by atoms with Crippen molar-refractivity contribution in [3.05, 3.63) is 34.3 Å². The zero-order chi connectivity index (χ0) is 24.4. The molecule has 0 saturated carbocycles. The van der Waals surface area contributed by atoms with E-state index >= 15 is 0 Å². The molecule has 0 aliphatic heterocycles. The molecule has 2 aromatic heterocycles. The third-order valence-electron chi connectivity index (χ3n) is 5.86. The van der Waals surface area contributed by atoms with Gasteiger partial charge in [0, 0.05) is 11.8 Å². The first kappa shape index (κ1) is 26.7. The number of hydrogen-bond acceptors (Lipinski definition) is 8. The number of thiophene rings is 1. The quantitative estimate of drug-likeness (QED) is 0.317. The zero-order valence-electron chi connectivity index (χ0n) is 20.1. The number of nitrogens with one attached hydrogen (secondary N) is 2. The van der Waals surface area contributed by atoms with Crippen LogP contribution in [0.4, 0.5) is 0 Å². The van der Waals surface area contributed by atoms with Crippen molar-refractivity contribution in [1.82, 2.24) is 25.6 Å². The van der Waals surface area contributed by atoms with Gasteiger partial charge in [-0.3, -0.25) is 14.4 Å². The Morgan fingerprint density at radius 3 is 2.64 bits per heavy atom. The normalized spacial score (nSPS) is 14.0. The van der Waals surface area contributed by atoms with Crippen LogP contribution in [-0.2, 0) is 19.9 Å². The summed E-state index contributed by atoms with van der Waals surface area (Å²) in [5, 5.41) is 18.4. The number of amides is 1. The molecule has 2 N–H and O–H groups in total. The maximum absolute atomic E-state index is 12.9. The third-order valence-corrected chi connectivity index (χ3v) is 6.55. The largest absolute Gasteiger partial charge is 0.458 e. The van der Waals surface area contributed by atoms with Crippen LogP contribution in [0.2, 0.25) is 0 Å². The first-order valence-corrected chi connectivity index (χ1v) is 12.3. The number of carbonyl (C=O) groups is 3. The van der Waals surface area contributed by atoms with Gasteiger partial charge in [0.05, 0.1) is 17.3 Å². The fraction of sp³-hybridized carbons (Fsp3) is 0.609. The van der Waals surface area contributed by atoms with E-state index in [1.54, 1.807) is 24.6 Å². The van der Waals surface area contributed by atoms with Gasteiger partial charge in [0.1, 0.15) is 11.7 Å². The van der Waals surface area contributed by atoms with Gasteiger partial charge in [-0.2, -0.15) is 11.3 Å². The van der Waals surface area contributed by atoms with Gasteiger partial charge in [-0.15, -0.1) is 5.10 Å². The van der Waals surface area contributed by atoms with E-state index in [-0.39, 0.29) is 30.6 Å². The average Bonchev–Trinajstić information content (AvgIpc) is 3.49. The molecule has 182 valence electrons. The van der Waals surface area contributed by atoms with Gasteiger partial charge < -0.3 is 15.4 Å². The predicted octanol–water partition coefficient (Wildman–Crippen LogP) is 3.09. The lowest BCUT2D eigenvalue weighted by molar-refractivity contribution is -0.148. The molecule has 2 aromatic rings. The number of esters is 1. The highest BCUT2D eigenvalue weighted by Gasteiger charge is 2.36. The second-order valence-corrected chi connectivity index (χ2v) is 9.28. The molecule has 33 heavy (non-hydrogen) atoms. The number of unbranched alkanes of at least 4 members (excludes halogenated alkanes) is 1. The second kappa shape index (κ2) is 12.6. The number of hydrogen-bond donors (Lipinski definition) is 2. The summed E-state index contributed by atoms with van der Waals surface area (Å²) in [6.45, 7) is 8.13. The summed E-state index contributed by atoms with van der Waals surface area (Å²) in [7, 11) is 1.88. The number of carbonyl (C=O) groups excluding carboxylic acids is 3. The number of aromatic nitrogens is 3. The molecule has 10 heteroatoms. The Hall–Kier alpha value is -2.59. The Morgan fingerprint density at radius 2 is 2.03 bits per heavy atom. The minimum Gasteiger partial charge on any atom is -0.458 e. The van der Waals surface area contributed by atoms with Crippen LogP contribution in [0.15, 0.2) is 23.0 Å².